The Bertz CT molecular complexity index is 911. The first kappa shape index (κ1) is 18.4. The smallest absolute Gasteiger partial charge is 0.416 e. The van der Waals surface area contributed by atoms with Crippen molar-refractivity contribution in [2.45, 2.75) is 12.7 Å². The van der Waals surface area contributed by atoms with Gasteiger partial charge in [0.15, 0.2) is 0 Å². The molecule has 1 N–H and O–H groups in total. The summed E-state index contributed by atoms with van der Waals surface area (Å²) in [4.78, 5) is 15.9. The van der Waals surface area contributed by atoms with Gasteiger partial charge < -0.3 is 10.1 Å². The maximum atomic E-state index is 12.6. The molecule has 0 fully saturated rings. The molecule has 7 heteroatoms. The minimum Gasteiger partial charge on any atom is -0.457 e. The SMILES string of the molecule is O=C(NCc1cccc(Oc2ccc(C(F)(F)F)cc2)c1)c1cccnc1. The summed E-state index contributed by atoms with van der Waals surface area (Å²) in [6, 6.07) is 14.7. The molecule has 0 aliphatic heterocycles. The van der Waals surface area contributed by atoms with Crippen LogP contribution in [0.3, 0.4) is 0 Å². The van der Waals surface area contributed by atoms with Gasteiger partial charge >= 0.3 is 6.18 Å². The highest BCUT2D eigenvalue weighted by Gasteiger charge is 2.30. The van der Waals surface area contributed by atoms with Crippen LogP contribution in [0.1, 0.15) is 21.5 Å². The maximum absolute atomic E-state index is 12.6. The lowest BCUT2D eigenvalue weighted by molar-refractivity contribution is -0.137. The van der Waals surface area contributed by atoms with Crippen molar-refractivity contribution < 1.29 is 22.7 Å². The maximum Gasteiger partial charge on any atom is 0.416 e. The molecule has 2 aromatic carbocycles. The van der Waals surface area contributed by atoms with Crippen LogP contribution in [0, 0.1) is 0 Å². The molecule has 1 aromatic heterocycles. The molecular weight excluding hydrogens is 357 g/mol. The summed E-state index contributed by atoms with van der Waals surface area (Å²) < 4.78 is 43.4. The lowest BCUT2D eigenvalue weighted by Gasteiger charge is -2.10. The van der Waals surface area contributed by atoms with E-state index < -0.39 is 11.7 Å². The van der Waals surface area contributed by atoms with E-state index in [1.807, 2.05) is 6.07 Å². The molecule has 0 saturated heterocycles. The van der Waals surface area contributed by atoms with Gasteiger partial charge in [0.2, 0.25) is 0 Å². The van der Waals surface area contributed by atoms with Crippen molar-refractivity contribution >= 4 is 5.91 Å². The Labute approximate surface area is 153 Å². The zero-order valence-electron chi connectivity index (χ0n) is 14.0. The minimum atomic E-state index is -4.38. The van der Waals surface area contributed by atoms with Gasteiger partial charge in [-0.05, 0) is 54.1 Å². The van der Waals surface area contributed by atoms with Crippen LogP contribution in [-0.2, 0) is 12.7 Å². The van der Waals surface area contributed by atoms with E-state index in [0.29, 0.717) is 17.1 Å². The molecule has 138 valence electrons. The number of hydrogen-bond acceptors (Lipinski definition) is 3. The number of aromatic nitrogens is 1. The molecule has 0 unspecified atom stereocenters. The molecule has 3 aromatic rings. The lowest BCUT2D eigenvalue weighted by Crippen LogP contribution is -2.22. The van der Waals surface area contributed by atoms with E-state index in [0.717, 1.165) is 17.7 Å². The normalized spacial score (nSPS) is 11.1. The summed E-state index contributed by atoms with van der Waals surface area (Å²) in [6.45, 7) is 0.276. The summed E-state index contributed by atoms with van der Waals surface area (Å²) in [5.74, 6) is 0.500. The molecule has 1 heterocycles. The number of carbonyl (C=O) groups excluding carboxylic acids is 1. The Morgan fingerprint density at radius 2 is 1.78 bits per heavy atom. The molecule has 0 spiro atoms. The molecule has 0 bridgehead atoms. The van der Waals surface area contributed by atoms with Crippen molar-refractivity contribution in [2.24, 2.45) is 0 Å². The van der Waals surface area contributed by atoms with Gasteiger partial charge in [0.1, 0.15) is 11.5 Å². The van der Waals surface area contributed by atoms with Gasteiger partial charge in [-0.1, -0.05) is 12.1 Å². The number of halogens is 3. The van der Waals surface area contributed by atoms with Gasteiger partial charge in [0.25, 0.3) is 5.91 Å². The van der Waals surface area contributed by atoms with Crippen LogP contribution in [-0.4, -0.2) is 10.9 Å². The number of nitrogens with one attached hydrogen (secondary N) is 1. The number of hydrogen-bond donors (Lipinski definition) is 1. The molecule has 1 amide bonds. The monoisotopic (exact) mass is 372 g/mol. The van der Waals surface area contributed by atoms with Gasteiger partial charge in [-0.25, -0.2) is 0 Å². The van der Waals surface area contributed by atoms with Crippen LogP contribution in [0.15, 0.2) is 73.1 Å². The third-order valence-electron chi connectivity index (χ3n) is 3.69. The van der Waals surface area contributed by atoms with E-state index in [1.54, 1.807) is 36.5 Å². The van der Waals surface area contributed by atoms with Crippen LogP contribution >= 0.6 is 0 Å². The predicted molar refractivity (Wildman–Crippen MR) is 93.4 cm³/mol. The van der Waals surface area contributed by atoms with Gasteiger partial charge in [0.05, 0.1) is 11.1 Å². The van der Waals surface area contributed by atoms with Gasteiger partial charge in [-0.2, -0.15) is 13.2 Å². The molecule has 3 rings (SSSR count). The Balaban J connectivity index is 1.63. The summed E-state index contributed by atoms with van der Waals surface area (Å²) >= 11 is 0. The predicted octanol–water partition coefficient (Wildman–Crippen LogP) is 4.82. The first-order chi connectivity index (χ1) is 12.9. The standard InChI is InChI=1S/C20H15F3N2O2/c21-20(22,23)16-6-8-17(9-7-16)27-18-5-1-3-14(11-18)12-25-19(26)15-4-2-10-24-13-15/h1-11,13H,12H2,(H,25,26). The van der Waals surface area contributed by atoms with Gasteiger partial charge in [-0.15, -0.1) is 0 Å². The Hall–Kier alpha value is -3.35. The molecular formula is C20H15F3N2O2. The number of alkyl halides is 3. The first-order valence-corrected chi connectivity index (χ1v) is 8.04. The third kappa shape index (κ3) is 5.07. The quantitative estimate of drug-likeness (QED) is 0.698. The average molecular weight is 372 g/mol. The van der Waals surface area contributed by atoms with Crippen molar-refractivity contribution in [3.63, 3.8) is 0 Å². The molecule has 0 saturated carbocycles. The second kappa shape index (κ2) is 7.90. The highest BCUT2D eigenvalue weighted by molar-refractivity contribution is 5.93. The second-order valence-corrected chi connectivity index (χ2v) is 5.70. The Kier molecular flexibility index (Phi) is 5.40. The summed E-state index contributed by atoms with van der Waals surface area (Å²) in [6.07, 6.45) is -1.33. The molecule has 0 aliphatic rings. The van der Waals surface area contributed by atoms with Crippen molar-refractivity contribution in [3.8, 4) is 11.5 Å². The number of pyridine rings is 1. The summed E-state index contributed by atoms with van der Waals surface area (Å²) in [5, 5.41) is 2.77. The van der Waals surface area contributed by atoms with E-state index in [-0.39, 0.29) is 12.5 Å². The molecule has 0 atom stereocenters. The van der Waals surface area contributed by atoms with Crippen molar-refractivity contribution in [3.05, 3.63) is 89.7 Å². The van der Waals surface area contributed by atoms with Crippen molar-refractivity contribution in [1.29, 1.82) is 0 Å². The number of amides is 1. The minimum absolute atomic E-state index is 0.253. The topological polar surface area (TPSA) is 51.2 Å². The third-order valence-corrected chi connectivity index (χ3v) is 3.69. The van der Waals surface area contributed by atoms with E-state index in [1.165, 1.54) is 18.3 Å². The lowest BCUT2D eigenvalue weighted by atomic mass is 10.2. The van der Waals surface area contributed by atoms with E-state index in [2.05, 4.69) is 10.3 Å². The van der Waals surface area contributed by atoms with Gasteiger partial charge in [0, 0.05) is 18.9 Å². The molecule has 27 heavy (non-hydrogen) atoms. The fourth-order valence-electron chi connectivity index (χ4n) is 2.35. The highest BCUT2D eigenvalue weighted by atomic mass is 19.4. The van der Waals surface area contributed by atoms with Crippen LogP contribution < -0.4 is 10.1 Å². The number of rotatable bonds is 5. The number of carbonyl (C=O) groups is 1. The average Bonchev–Trinajstić information content (AvgIpc) is 2.67. The van der Waals surface area contributed by atoms with Gasteiger partial charge in [-0.3, -0.25) is 9.78 Å². The highest BCUT2D eigenvalue weighted by Crippen LogP contribution is 2.31. The number of benzene rings is 2. The first-order valence-electron chi connectivity index (χ1n) is 8.04. The van der Waals surface area contributed by atoms with Crippen LogP contribution in [0.4, 0.5) is 13.2 Å². The second-order valence-electron chi connectivity index (χ2n) is 5.70. The Morgan fingerprint density at radius 3 is 2.44 bits per heavy atom. The van der Waals surface area contributed by atoms with Crippen molar-refractivity contribution in [1.82, 2.24) is 10.3 Å². The largest absolute Gasteiger partial charge is 0.457 e. The molecule has 0 radical (unpaired) electrons. The number of ether oxygens (including phenoxy) is 1. The fraction of sp³-hybridized carbons (Fsp3) is 0.100. The van der Waals surface area contributed by atoms with Crippen molar-refractivity contribution in [2.75, 3.05) is 0 Å². The van der Waals surface area contributed by atoms with Crippen LogP contribution in [0.25, 0.3) is 0 Å². The zero-order chi connectivity index (χ0) is 19.3. The molecule has 0 aliphatic carbocycles. The summed E-state index contributed by atoms with van der Waals surface area (Å²) in [5.41, 5.74) is 0.507. The Morgan fingerprint density at radius 1 is 1.00 bits per heavy atom. The molecule has 4 nitrogen and oxygen atoms in total. The van der Waals surface area contributed by atoms with Crippen LogP contribution in [0.2, 0.25) is 0 Å². The van der Waals surface area contributed by atoms with E-state index >= 15 is 0 Å². The number of nitrogens with zero attached hydrogens (tertiary/aromatic N) is 1. The zero-order valence-corrected chi connectivity index (χ0v) is 14.0. The van der Waals surface area contributed by atoms with Crippen LogP contribution in [0.5, 0.6) is 11.5 Å². The van der Waals surface area contributed by atoms with E-state index in [9.17, 15) is 18.0 Å². The summed E-state index contributed by atoms with van der Waals surface area (Å²) in [7, 11) is 0. The fourth-order valence-corrected chi connectivity index (χ4v) is 2.35. The van der Waals surface area contributed by atoms with E-state index in [4.69, 9.17) is 4.74 Å².